The fraction of sp³-hybridized carbons (Fsp3) is 0.130. The zero-order valence-corrected chi connectivity index (χ0v) is 16.8. The highest BCUT2D eigenvalue weighted by Crippen LogP contribution is 2.27. The molecule has 0 aliphatic rings. The summed E-state index contributed by atoms with van der Waals surface area (Å²) in [5.74, 6) is -0.731. The maximum absolute atomic E-state index is 12.4. The highest BCUT2D eigenvalue weighted by atomic mass is 32.2. The monoisotopic (exact) mass is 407 g/mol. The van der Waals surface area contributed by atoms with Crippen LogP contribution in [0.5, 0.6) is 0 Å². The molecule has 1 N–H and O–H groups in total. The highest BCUT2D eigenvalue weighted by molar-refractivity contribution is 7.85. The molecule has 0 heterocycles. The molecule has 0 saturated carbocycles. The molecule has 6 heteroatoms. The van der Waals surface area contributed by atoms with Crippen LogP contribution in [0.4, 0.5) is 5.69 Å². The Labute approximate surface area is 172 Å². The average Bonchev–Trinajstić information content (AvgIpc) is 2.78. The quantitative estimate of drug-likeness (QED) is 0.594. The van der Waals surface area contributed by atoms with Crippen LogP contribution in [0, 0.1) is 0 Å². The molecule has 1 unspecified atom stereocenters. The molecule has 29 heavy (non-hydrogen) atoms. The second kappa shape index (κ2) is 9.80. The number of hydrogen-bond donors (Lipinski definition) is 1. The number of anilines is 1. The van der Waals surface area contributed by atoms with Crippen LogP contribution in [0.15, 0.2) is 83.8 Å². The topological polar surface area (TPSA) is 72.5 Å². The third kappa shape index (κ3) is 5.18. The van der Waals surface area contributed by atoms with E-state index in [0.717, 1.165) is 11.1 Å². The Hall–Kier alpha value is -3.25. The zero-order chi connectivity index (χ0) is 20.6. The first kappa shape index (κ1) is 20.5. The van der Waals surface area contributed by atoms with Crippen LogP contribution in [0.1, 0.15) is 17.3 Å². The standard InChI is InChI=1S/C23H21NO4S/c1-2-29(27)21-15-9-7-13-19(21)23(26)28-16-22(25)24-20-14-8-6-12-18(20)17-10-4-3-5-11-17/h3-15H,2,16H2,1H3,(H,24,25). The molecule has 0 aromatic heterocycles. The van der Waals surface area contributed by atoms with E-state index < -0.39 is 29.3 Å². The number of nitrogens with one attached hydrogen (secondary N) is 1. The summed E-state index contributed by atoms with van der Waals surface area (Å²) in [6.45, 7) is 1.34. The van der Waals surface area contributed by atoms with Crippen LogP contribution in [-0.2, 0) is 20.3 Å². The van der Waals surface area contributed by atoms with Crippen molar-refractivity contribution in [3.63, 3.8) is 0 Å². The van der Waals surface area contributed by atoms with Gasteiger partial charge in [0.2, 0.25) is 0 Å². The molecule has 3 aromatic rings. The van der Waals surface area contributed by atoms with Crippen molar-refractivity contribution in [2.75, 3.05) is 17.7 Å². The van der Waals surface area contributed by atoms with E-state index in [1.54, 1.807) is 37.3 Å². The molecule has 0 aliphatic carbocycles. The van der Waals surface area contributed by atoms with Gasteiger partial charge in [-0.15, -0.1) is 0 Å². The van der Waals surface area contributed by atoms with E-state index >= 15 is 0 Å². The van der Waals surface area contributed by atoms with Crippen molar-refractivity contribution in [2.45, 2.75) is 11.8 Å². The molecule has 0 saturated heterocycles. The molecule has 1 amide bonds. The number of ether oxygens (including phenoxy) is 1. The fourth-order valence-electron chi connectivity index (χ4n) is 2.85. The Morgan fingerprint density at radius 2 is 1.55 bits per heavy atom. The van der Waals surface area contributed by atoms with Gasteiger partial charge in [0.25, 0.3) is 5.91 Å². The van der Waals surface area contributed by atoms with Crippen molar-refractivity contribution >= 4 is 28.4 Å². The summed E-state index contributed by atoms with van der Waals surface area (Å²) in [6, 6.07) is 23.7. The number of hydrogen-bond acceptors (Lipinski definition) is 4. The minimum Gasteiger partial charge on any atom is -0.452 e. The van der Waals surface area contributed by atoms with Crippen LogP contribution >= 0.6 is 0 Å². The Kier molecular flexibility index (Phi) is 6.92. The molecular formula is C23H21NO4S. The smallest absolute Gasteiger partial charge is 0.339 e. The van der Waals surface area contributed by atoms with Crippen molar-refractivity contribution in [3.05, 3.63) is 84.4 Å². The molecule has 0 aliphatic heterocycles. The summed E-state index contributed by atoms with van der Waals surface area (Å²) in [7, 11) is -1.29. The number of carbonyl (C=O) groups is 2. The lowest BCUT2D eigenvalue weighted by Crippen LogP contribution is -2.22. The van der Waals surface area contributed by atoms with Crippen molar-refractivity contribution in [3.8, 4) is 11.1 Å². The van der Waals surface area contributed by atoms with E-state index in [1.807, 2.05) is 48.5 Å². The van der Waals surface area contributed by atoms with Gasteiger partial charge in [0.15, 0.2) is 6.61 Å². The van der Waals surface area contributed by atoms with Gasteiger partial charge in [-0.25, -0.2) is 4.79 Å². The van der Waals surface area contributed by atoms with Gasteiger partial charge in [-0.1, -0.05) is 67.6 Å². The lowest BCUT2D eigenvalue weighted by Gasteiger charge is -2.12. The molecule has 3 aromatic carbocycles. The van der Waals surface area contributed by atoms with Gasteiger partial charge in [-0.3, -0.25) is 9.00 Å². The number of rotatable bonds is 7. The first-order valence-electron chi connectivity index (χ1n) is 9.19. The van der Waals surface area contributed by atoms with E-state index in [4.69, 9.17) is 4.74 Å². The van der Waals surface area contributed by atoms with Crippen LogP contribution in [0.2, 0.25) is 0 Å². The van der Waals surface area contributed by atoms with Gasteiger partial charge in [0.1, 0.15) is 0 Å². The van der Waals surface area contributed by atoms with Crippen LogP contribution < -0.4 is 5.32 Å². The normalized spacial score (nSPS) is 11.5. The van der Waals surface area contributed by atoms with Crippen LogP contribution in [0.25, 0.3) is 11.1 Å². The lowest BCUT2D eigenvalue weighted by molar-refractivity contribution is -0.119. The number of benzene rings is 3. The van der Waals surface area contributed by atoms with E-state index in [-0.39, 0.29) is 5.56 Å². The second-order valence-corrected chi connectivity index (χ2v) is 7.87. The van der Waals surface area contributed by atoms with Crippen molar-refractivity contribution in [1.82, 2.24) is 0 Å². The molecule has 1 atom stereocenters. The number of carbonyl (C=O) groups excluding carboxylic acids is 2. The summed E-state index contributed by atoms with van der Waals surface area (Å²) in [4.78, 5) is 25.2. The molecule has 0 bridgehead atoms. The molecule has 0 fully saturated rings. The Morgan fingerprint density at radius 1 is 0.897 bits per heavy atom. The Balaban J connectivity index is 1.68. The van der Waals surface area contributed by atoms with Gasteiger partial charge in [0.05, 0.1) is 21.3 Å². The van der Waals surface area contributed by atoms with E-state index in [0.29, 0.717) is 16.3 Å². The first-order chi connectivity index (χ1) is 14.1. The fourth-order valence-corrected chi connectivity index (χ4v) is 3.78. The SMILES string of the molecule is CCS(=O)c1ccccc1C(=O)OCC(=O)Nc1ccccc1-c1ccccc1. The number of esters is 1. The van der Waals surface area contributed by atoms with Gasteiger partial charge in [-0.05, 0) is 23.8 Å². The largest absolute Gasteiger partial charge is 0.452 e. The molecule has 0 spiro atoms. The van der Waals surface area contributed by atoms with Crippen LogP contribution in [-0.4, -0.2) is 28.4 Å². The maximum atomic E-state index is 12.4. The predicted octanol–water partition coefficient (Wildman–Crippen LogP) is 4.28. The Morgan fingerprint density at radius 3 is 2.31 bits per heavy atom. The van der Waals surface area contributed by atoms with Crippen molar-refractivity contribution in [1.29, 1.82) is 0 Å². The molecule has 3 rings (SSSR count). The first-order valence-corrected chi connectivity index (χ1v) is 10.5. The number of amides is 1. The van der Waals surface area contributed by atoms with E-state index in [1.165, 1.54) is 0 Å². The van der Waals surface area contributed by atoms with Gasteiger partial charge in [0, 0.05) is 17.0 Å². The van der Waals surface area contributed by atoms with Gasteiger partial charge >= 0.3 is 5.97 Å². The van der Waals surface area contributed by atoms with E-state index in [2.05, 4.69) is 5.32 Å². The predicted molar refractivity (Wildman–Crippen MR) is 114 cm³/mol. The average molecular weight is 407 g/mol. The van der Waals surface area contributed by atoms with Crippen LogP contribution in [0.3, 0.4) is 0 Å². The zero-order valence-electron chi connectivity index (χ0n) is 16.0. The molecule has 5 nitrogen and oxygen atoms in total. The maximum Gasteiger partial charge on any atom is 0.339 e. The third-order valence-corrected chi connectivity index (χ3v) is 5.61. The summed E-state index contributed by atoms with van der Waals surface area (Å²) < 4.78 is 17.3. The lowest BCUT2D eigenvalue weighted by atomic mass is 10.0. The summed E-state index contributed by atoms with van der Waals surface area (Å²) in [6.07, 6.45) is 0. The van der Waals surface area contributed by atoms with E-state index in [9.17, 15) is 13.8 Å². The number of para-hydroxylation sites is 1. The Bertz CT molecular complexity index is 1030. The second-order valence-electron chi connectivity index (χ2n) is 6.17. The highest BCUT2D eigenvalue weighted by Gasteiger charge is 2.17. The van der Waals surface area contributed by atoms with Crippen molar-refractivity contribution in [2.24, 2.45) is 0 Å². The minimum atomic E-state index is -1.29. The summed E-state index contributed by atoms with van der Waals surface area (Å²) in [5, 5.41) is 2.79. The summed E-state index contributed by atoms with van der Waals surface area (Å²) in [5.41, 5.74) is 2.69. The molecule has 148 valence electrons. The van der Waals surface area contributed by atoms with Gasteiger partial charge < -0.3 is 10.1 Å². The minimum absolute atomic E-state index is 0.213. The van der Waals surface area contributed by atoms with Gasteiger partial charge in [-0.2, -0.15) is 0 Å². The van der Waals surface area contributed by atoms with Crippen molar-refractivity contribution < 1.29 is 18.5 Å². The third-order valence-electron chi connectivity index (χ3n) is 4.23. The summed E-state index contributed by atoms with van der Waals surface area (Å²) >= 11 is 0. The molecule has 0 radical (unpaired) electrons. The molecular weight excluding hydrogens is 386 g/mol.